The fourth-order valence-electron chi connectivity index (χ4n) is 1.07. The fraction of sp³-hybridized carbons (Fsp3) is 1.00. The topological polar surface area (TPSA) is 41.5 Å². The van der Waals surface area contributed by atoms with Crippen LogP contribution in [0.2, 0.25) is 0 Å². The van der Waals surface area contributed by atoms with Crippen molar-refractivity contribution in [3.8, 4) is 0 Å². The molecule has 86 valence electrons. The van der Waals surface area contributed by atoms with Gasteiger partial charge < -0.3 is 15.2 Å². The van der Waals surface area contributed by atoms with Gasteiger partial charge in [0, 0.05) is 6.61 Å². The molecule has 2 N–H and O–H groups in total. The molecule has 0 aliphatic heterocycles. The van der Waals surface area contributed by atoms with Crippen LogP contribution in [0.25, 0.3) is 0 Å². The van der Waals surface area contributed by atoms with Crippen LogP contribution in [0.1, 0.15) is 34.1 Å². The van der Waals surface area contributed by atoms with Crippen molar-refractivity contribution >= 4 is 0 Å². The Morgan fingerprint density at radius 1 is 1.36 bits per heavy atom. The summed E-state index contributed by atoms with van der Waals surface area (Å²) in [6.07, 6.45) is 1.05. The Kier molecular flexibility index (Phi) is 7.15. The second kappa shape index (κ2) is 7.21. The zero-order valence-electron chi connectivity index (χ0n) is 9.97. The molecule has 0 aromatic rings. The largest absolute Gasteiger partial charge is 0.395 e. The molecule has 0 heterocycles. The molecule has 3 heteroatoms. The van der Waals surface area contributed by atoms with Crippen LogP contribution in [0, 0.1) is 5.41 Å². The Labute approximate surface area is 87.8 Å². The predicted octanol–water partition coefficient (Wildman–Crippen LogP) is 1.41. The highest BCUT2D eigenvalue weighted by Crippen LogP contribution is 2.17. The first kappa shape index (κ1) is 13.9. The summed E-state index contributed by atoms with van der Waals surface area (Å²) in [7, 11) is 0. The molecule has 3 nitrogen and oxygen atoms in total. The summed E-state index contributed by atoms with van der Waals surface area (Å²) in [4.78, 5) is 0. The van der Waals surface area contributed by atoms with Crippen molar-refractivity contribution in [2.24, 2.45) is 5.41 Å². The Balaban J connectivity index is 3.42. The highest BCUT2D eigenvalue weighted by Gasteiger charge is 2.10. The minimum absolute atomic E-state index is 0.0833. The molecule has 0 aromatic carbocycles. The smallest absolute Gasteiger partial charge is 0.0642 e. The van der Waals surface area contributed by atoms with Crippen molar-refractivity contribution in [3.63, 3.8) is 0 Å². The van der Waals surface area contributed by atoms with Crippen molar-refractivity contribution in [3.05, 3.63) is 0 Å². The summed E-state index contributed by atoms with van der Waals surface area (Å²) in [5, 5.41) is 12.1. The van der Waals surface area contributed by atoms with E-state index in [1.165, 1.54) is 0 Å². The zero-order valence-corrected chi connectivity index (χ0v) is 9.97. The van der Waals surface area contributed by atoms with Crippen molar-refractivity contribution in [1.29, 1.82) is 0 Å². The third-order valence-corrected chi connectivity index (χ3v) is 2.03. The molecule has 0 aromatic heterocycles. The summed E-state index contributed by atoms with van der Waals surface area (Å²) in [5.74, 6) is 0. The van der Waals surface area contributed by atoms with Gasteiger partial charge in [0.05, 0.1) is 19.3 Å². The van der Waals surface area contributed by atoms with Gasteiger partial charge in [0.1, 0.15) is 0 Å². The second-order valence-corrected chi connectivity index (χ2v) is 4.82. The summed E-state index contributed by atoms with van der Waals surface area (Å²) in [6.45, 7) is 11.0. The van der Waals surface area contributed by atoms with Gasteiger partial charge in [-0.05, 0) is 18.4 Å². The number of likely N-dealkylation sites (N-methyl/N-ethyl adjacent to an activating group) is 1. The first-order chi connectivity index (χ1) is 6.49. The Bertz CT molecular complexity index is 132. The van der Waals surface area contributed by atoms with E-state index in [1.807, 2.05) is 6.92 Å². The molecule has 0 bridgehead atoms. The number of hydrogen-bond donors (Lipinski definition) is 2. The molecule has 1 unspecified atom stereocenters. The highest BCUT2D eigenvalue weighted by molar-refractivity contribution is 4.64. The van der Waals surface area contributed by atoms with Crippen LogP contribution < -0.4 is 5.32 Å². The number of rotatable bonds is 7. The molecule has 0 rings (SSSR count). The van der Waals surface area contributed by atoms with Crippen LogP contribution in [0.4, 0.5) is 0 Å². The number of aliphatic hydroxyl groups excluding tert-OH is 1. The molecule has 0 aliphatic carbocycles. The van der Waals surface area contributed by atoms with E-state index in [9.17, 15) is 0 Å². The van der Waals surface area contributed by atoms with Gasteiger partial charge in [0.2, 0.25) is 0 Å². The molecule has 0 spiro atoms. The normalized spacial score (nSPS) is 14.4. The third-order valence-electron chi connectivity index (χ3n) is 2.03. The highest BCUT2D eigenvalue weighted by atomic mass is 16.5. The predicted molar refractivity (Wildman–Crippen MR) is 59.4 cm³/mol. The third kappa shape index (κ3) is 8.48. The van der Waals surface area contributed by atoms with E-state index in [1.54, 1.807) is 0 Å². The van der Waals surface area contributed by atoms with Gasteiger partial charge in [-0.25, -0.2) is 0 Å². The molecule has 0 saturated heterocycles. The average Bonchev–Trinajstić information content (AvgIpc) is 2.08. The molecule has 14 heavy (non-hydrogen) atoms. The van der Waals surface area contributed by atoms with Gasteiger partial charge >= 0.3 is 0 Å². The van der Waals surface area contributed by atoms with Crippen LogP contribution in [-0.2, 0) is 4.74 Å². The van der Waals surface area contributed by atoms with Crippen LogP contribution in [0.5, 0.6) is 0 Å². The van der Waals surface area contributed by atoms with Crippen LogP contribution in [0.3, 0.4) is 0 Å². The lowest BCUT2D eigenvalue weighted by Crippen LogP contribution is -2.36. The van der Waals surface area contributed by atoms with Gasteiger partial charge in [0.25, 0.3) is 0 Å². The molecule has 0 fully saturated rings. The number of hydrogen-bond acceptors (Lipinski definition) is 3. The summed E-state index contributed by atoms with van der Waals surface area (Å²) >= 11 is 0. The van der Waals surface area contributed by atoms with Crippen molar-refractivity contribution < 1.29 is 9.84 Å². The fourth-order valence-corrected chi connectivity index (χ4v) is 1.07. The van der Waals surface area contributed by atoms with E-state index in [0.717, 1.165) is 19.6 Å². The minimum atomic E-state index is 0.0833. The second-order valence-electron chi connectivity index (χ2n) is 4.82. The lowest BCUT2D eigenvalue weighted by molar-refractivity contribution is 0.0733. The van der Waals surface area contributed by atoms with E-state index in [-0.39, 0.29) is 12.6 Å². The summed E-state index contributed by atoms with van der Waals surface area (Å²) < 4.78 is 5.49. The number of aliphatic hydroxyl groups is 1. The molecule has 0 amide bonds. The molecule has 0 saturated carbocycles. The standard InChI is InChI=1S/C11H25NO2/c1-5-12-10(8-13)9-14-7-6-11(2,3)4/h10,12-13H,5-9H2,1-4H3. The number of nitrogens with one attached hydrogen (secondary N) is 1. The van der Waals surface area contributed by atoms with Crippen LogP contribution in [0.15, 0.2) is 0 Å². The van der Waals surface area contributed by atoms with Gasteiger partial charge in [-0.3, -0.25) is 0 Å². The summed E-state index contributed by atoms with van der Waals surface area (Å²) in [6, 6.07) is 0.0833. The van der Waals surface area contributed by atoms with E-state index in [0.29, 0.717) is 12.0 Å². The van der Waals surface area contributed by atoms with E-state index in [4.69, 9.17) is 9.84 Å². The van der Waals surface area contributed by atoms with Gasteiger partial charge in [-0.15, -0.1) is 0 Å². The molecule has 1 atom stereocenters. The van der Waals surface area contributed by atoms with Crippen LogP contribution >= 0.6 is 0 Å². The first-order valence-corrected chi connectivity index (χ1v) is 5.41. The van der Waals surface area contributed by atoms with Crippen LogP contribution in [-0.4, -0.2) is 37.5 Å². The van der Waals surface area contributed by atoms with Crippen molar-refractivity contribution in [1.82, 2.24) is 5.32 Å². The molecular formula is C11H25NO2. The van der Waals surface area contributed by atoms with Gasteiger partial charge in [-0.1, -0.05) is 27.7 Å². The first-order valence-electron chi connectivity index (χ1n) is 5.41. The monoisotopic (exact) mass is 203 g/mol. The average molecular weight is 203 g/mol. The maximum absolute atomic E-state index is 8.97. The van der Waals surface area contributed by atoms with E-state index >= 15 is 0 Å². The minimum Gasteiger partial charge on any atom is -0.395 e. The molecular weight excluding hydrogens is 178 g/mol. The number of ether oxygens (including phenoxy) is 1. The zero-order chi connectivity index (χ0) is 11.0. The lowest BCUT2D eigenvalue weighted by Gasteiger charge is -2.19. The SMILES string of the molecule is CCNC(CO)COCCC(C)(C)C. The lowest BCUT2D eigenvalue weighted by atomic mass is 9.93. The Morgan fingerprint density at radius 3 is 2.43 bits per heavy atom. The molecule has 0 radical (unpaired) electrons. The Hall–Kier alpha value is -0.120. The Morgan fingerprint density at radius 2 is 2.00 bits per heavy atom. The summed E-state index contributed by atoms with van der Waals surface area (Å²) in [5.41, 5.74) is 0.326. The van der Waals surface area contributed by atoms with Crippen molar-refractivity contribution in [2.75, 3.05) is 26.4 Å². The quantitative estimate of drug-likeness (QED) is 0.615. The maximum atomic E-state index is 8.97. The van der Waals surface area contributed by atoms with E-state index in [2.05, 4.69) is 26.1 Å². The van der Waals surface area contributed by atoms with Gasteiger partial charge in [0.15, 0.2) is 0 Å². The van der Waals surface area contributed by atoms with Gasteiger partial charge in [-0.2, -0.15) is 0 Å². The van der Waals surface area contributed by atoms with Crippen molar-refractivity contribution in [2.45, 2.75) is 40.2 Å². The van der Waals surface area contributed by atoms with E-state index < -0.39 is 0 Å². The molecule has 0 aliphatic rings. The maximum Gasteiger partial charge on any atom is 0.0642 e.